The topological polar surface area (TPSA) is 88.1 Å². The van der Waals surface area contributed by atoms with E-state index in [0.717, 1.165) is 11.1 Å². The number of aryl methyl sites for hydroxylation is 2. The molecule has 2 aromatic carbocycles. The third-order valence-corrected chi connectivity index (χ3v) is 6.25. The summed E-state index contributed by atoms with van der Waals surface area (Å²) in [5, 5.41) is 0.709. The van der Waals surface area contributed by atoms with Crippen LogP contribution in [0.3, 0.4) is 0 Å². The average molecular weight is 505 g/mol. The van der Waals surface area contributed by atoms with Crippen molar-refractivity contribution in [2.24, 2.45) is 0 Å². The number of hydrogen-bond donors (Lipinski definition) is 0. The second-order valence-electron chi connectivity index (χ2n) is 6.87. The van der Waals surface area contributed by atoms with E-state index in [1.807, 2.05) is 6.92 Å². The SMILES string of the molecule is COC(=O)CCc1cc(Cl)c(OCCCOCCOS(=O)(=O)c2ccc(C)cc2)c(Cl)c1. The molecular weight excluding hydrogens is 479 g/mol. The van der Waals surface area contributed by atoms with E-state index >= 15 is 0 Å². The monoisotopic (exact) mass is 504 g/mol. The van der Waals surface area contributed by atoms with Gasteiger partial charge in [-0.1, -0.05) is 40.9 Å². The first kappa shape index (κ1) is 26.4. The van der Waals surface area contributed by atoms with Gasteiger partial charge < -0.3 is 14.2 Å². The molecule has 0 saturated carbocycles. The van der Waals surface area contributed by atoms with Gasteiger partial charge in [-0.3, -0.25) is 8.98 Å². The Labute approximate surface area is 198 Å². The highest BCUT2D eigenvalue weighted by Crippen LogP contribution is 2.34. The van der Waals surface area contributed by atoms with Crippen LogP contribution in [0.2, 0.25) is 10.0 Å². The standard InChI is InChI=1S/C22H26Cl2O7S/c1-16-4-7-18(8-5-16)32(26,27)31-13-12-29-10-3-11-30-22-19(23)14-17(15-20(22)24)6-9-21(25)28-2/h4-5,7-8,14-15H,3,6,9-13H2,1-2H3. The molecule has 7 nitrogen and oxygen atoms in total. The Balaban J connectivity index is 1.66. The normalized spacial score (nSPS) is 11.4. The van der Waals surface area contributed by atoms with E-state index in [-0.39, 0.29) is 30.5 Å². The number of carbonyl (C=O) groups excluding carboxylic acids is 1. The predicted octanol–water partition coefficient (Wildman–Crippen LogP) is 4.60. The van der Waals surface area contributed by atoms with Gasteiger partial charge in [0.15, 0.2) is 5.75 Å². The highest BCUT2D eigenvalue weighted by Gasteiger charge is 2.14. The Morgan fingerprint density at radius 1 is 0.969 bits per heavy atom. The number of halogens is 2. The lowest BCUT2D eigenvalue weighted by atomic mass is 10.1. The number of hydrogen-bond acceptors (Lipinski definition) is 7. The summed E-state index contributed by atoms with van der Waals surface area (Å²) < 4.78 is 44.7. The van der Waals surface area contributed by atoms with Crippen molar-refractivity contribution < 1.29 is 31.6 Å². The maximum Gasteiger partial charge on any atom is 0.305 e. The van der Waals surface area contributed by atoms with E-state index in [1.165, 1.54) is 19.2 Å². The van der Waals surface area contributed by atoms with Gasteiger partial charge >= 0.3 is 5.97 Å². The zero-order chi connectivity index (χ0) is 23.6. The van der Waals surface area contributed by atoms with E-state index < -0.39 is 10.1 Å². The first-order valence-electron chi connectivity index (χ1n) is 9.94. The molecule has 0 aromatic heterocycles. The van der Waals surface area contributed by atoms with Crippen LogP contribution >= 0.6 is 23.2 Å². The van der Waals surface area contributed by atoms with Gasteiger partial charge in [-0.15, -0.1) is 0 Å². The van der Waals surface area contributed by atoms with Crippen molar-refractivity contribution in [1.29, 1.82) is 0 Å². The molecule has 2 rings (SSSR count). The summed E-state index contributed by atoms with van der Waals surface area (Å²) in [6.45, 7) is 2.58. The molecule has 2 aromatic rings. The molecule has 0 fully saturated rings. The van der Waals surface area contributed by atoms with Gasteiger partial charge in [-0.05, 0) is 43.2 Å². The summed E-state index contributed by atoms with van der Waals surface area (Å²) in [5.74, 6) is 0.0541. The van der Waals surface area contributed by atoms with Crippen LogP contribution in [0.1, 0.15) is 24.0 Å². The third kappa shape index (κ3) is 8.60. The Kier molecular flexibility index (Phi) is 10.7. The Morgan fingerprint density at radius 2 is 1.62 bits per heavy atom. The van der Waals surface area contributed by atoms with Crippen LogP contribution in [0.5, 0.6) is 5.75 Å². The van der Waals surface area contributed by atoms with E-state index in [2.05, 4.69) is 4.74 Å². The van der Waals surface area contributed by atoms with Gasteiger partial charge in [0.25, 0.3) is 10.1 Å². The zero-order valence-electron chi connectivity index (χ0n) is 17.9. The van der Waals surface area contributed by atoms with Gasteiger partial charge in [-0.25, -0.2) is 0 Å². The summed E-state index contributed by atoms with van der Waals surface area (Å²) in [4.78, 5) is 11.4. The van der Waals surface area contributed by atoms with Crippen molar-refractivity contribution in [2.45, 2.75) is 31.1 Å². The van der Waals surface area contributed by atoms with E-state index in [0.29, 0.717) is 41.9 Å². The quantitative estimate of drug-likeness (QED) is 0.223. The summed E-state index contributed by atoms with van der Waals surface area (Å²) in [6.07, 6.45) is 1.24. The molecule has 10 heteroatoms. The molecule has 0 amide bonds. The minimum atomic E-state index is -3.79. The van der Waals surface area contributed by atoms with Crippen molar-refractivity contribution in [3.8, 4) is 5.75 Å². The molecule has 0 unspecified atom stereocenters. The van der Waals surface area contributed by atoms with E-state index in [9.17, 15) is 13.2 Å². The van der Waals surface area contributed by atoms with Crippen LogP contribution in [0.15, 0.2) is 41.3 Å². The maximum absolute atomic E-state index is 12.1. The largest absolute Gasteiger partial charge is 0.490 e. The summed E-state index contributed by atoms with van der Waals surface area (Å²) >= 11 is 12.5. The first-order chi connectivity index (χ1) is 15.2. The van der Waals surface area contributed by atoms with Crippen LogP contribution in [-0.2, 0) is 35.0 Å². The molecule has 0 spiro atoms. The second-order valence-corrected chi connectivity index (χ2v) is 9.30. The number of ether oxygens (including phenoxy) is 3. The van der Waals surface area contributed by atoms with Crippen LogP contribution in [0.25, 0.3) is 0 Å². The van der Waals surface area contributed by atoms with E-state index in [4.69, 9.17) is 36.9 Å². The summed E-state index contributed by atoms with van der Waals surface area (Å²) in [6, 6.07) is 9.83. The Hall–Kier alpha value is -1.84. The molecule has 0 saturated heterocycles. The molecule has 176 valence electrons. The smallest absolute Gasteiger partial charge is 0.305 e. The fraction of sp³-hybridized carbons (Fsp3) is 0.409. The second kappa shape index (κ2) is 13.0. The van der Waals surface area contributed by atoms with Crippen molar-refractivity contribution in [2.75, 3.05) is 33.5 Å². The Morgan fingerprint density at radius 3 is 2.25 bits per heavy atom. The van der Waals surface area contributed by atoms with Crippen molar-refractivity contribution in [1.82, 2.24) is 0 Å². The van der Waals surface area contributed by atoms with Crippen molar-refractivity contribution in [3.63, 3.8) is 0 Å². The highest BCUT2D eigenvalue weighted by molar-refractivity contribution is 7.86. The number of esters is 1. The molecule has 0 N–H and O–H groups in total. The fourth-order valence-corrected chi connectivity index (χ4v) is 4.19. The number of rotatable bonds is 13. The van der Waals surface area contributed by atoms with E-state index in [1.54, 1.807) is 24.3 Å². The first-order valence-corrected chi connectivity index (χ1v) is 12.1. The fourth-order valence-electron chi connectivity index (χ4n) is 2.66. The minimum absolute atomic E-state index is 0.0816. The number of benzene rings is 2. The van der Waals surface area contributed by atoms with Gasteiger partial charge in [0, 0.05) is 19.4 Å². The van der Waals surface area contributed by atoms with Crippen molar-refractivity contribution in [3.05, 3.63) is 57.6 Å². The maximum atomic E-state index is 12.1. The molecule has 0 bridgehead atoms. The minimum Gasteiger partial charge on any atom is -0.490 e. The van der Waals surface area contributed by atoms with Gasteiger partial charge in [0.1, 0.15) is 0 Å². The molecule has 32 heavy (non-hydrogen) atoms. The number of carbonyl (C=O) groups is 1. The number of methoxy groups -OCH3 is 1. The molecule has 0 atom stereocenters. The van der Waals surface area contributed by atoms with Crippen molar-refractivity contribution >= 4 is 39.3 Å². The lowest BCUT2D eigenvalue weighted by Gasteiger charge is -2.12. The lowest BCUT2D eigenvalue weighted by molar-refractivity contribution is -0.140. The lowest BCUT2D eigenvalue weighted by Crippen LogP contribution is -2.13. The molecule has 0 aliphatic rings. The van der Waals surface area contributed by atoms with Gasteiger partial charge in [-0.2, -0.15) is 8.42 Å². The van der Waals surface area contributed by atoms with Crippen LogP contribution < -0.4 is 4.74 Å². The summed E-state index contributed by atoms with van der Waals surface area (Å²) in [7, 11) is -2.46. The Bertz CT molecular complexity index is 969. The average Bonchev–Trinajstić information content (AvgIpc) is 2.75. The summed E-state index contributed by atoms with van der Waals surface area (Å²) in [5.41, 5.74) is 1.77. The zero-order valence-corrected chi connectivity index (χ0v) is 20.3. The highest BCUT2D eigenvalue weighted by atomic mass is 35.5. The molecule has 0 aliphatic carbocycles. The third-order valence-electron chi connectivity index (χ3n) is 4.36. The molecular formula is C22H26Cl2O7S. The van der Waals surface area contributed by atoms with Crippen LogP contribution in [-0.4, -0.2) is 47.9 Å². The molecule has 0 radical (unpaired) electrons. The molecule has 0 aliphatic heterocycles. The van der Waals surface area contributed by atoms with Gasteiger partial charge in [0.2, 0.25) is 0 Å². The predicted molar refractivity (Wildman–Crippen MR) is 122 cm³/mol. The molecule has 0 heterocycles. The van der Waals surface area contributed by atoms with Crippen LogP contribution in [0.4, 0.5) is 0 Å². The van der Waals surface area contributed by atoms with Crippen LogP contribution in [0, 0.1) is 6.92 Å². The van der Waals surface area contributed by atoms with Gasteiger partial charge in [0.05, 0.1) is 41.9 Å².